The fourth-order valence-corrected chi connectivity index (χ4v) is 2.48. The quantitative estimate of drug-likeness (QED) is 0.514. The number of halogens is 1. The summed E-state index contributed by atoms with van der Waals surface area (Å²) >= 11 is 5.69. The van der Waals surface area contributed by atoms with Gasteiger partial charge in [0.1, 0.15) is 5.56 Å². The Labute approximate surface area is 121 Å². The molecule has 108 valence electrons. The largest absolute Gasteiger partial charge is 0.351 e. The zero-order chi connectivity index (χ0) is 14.9. The van der Waals surface area contributed by atoms with Crippen molar-refractivity contribution < 1.29 is 9.72 Å². The summed E-state index contributed by atoms with van der Waals surface area (Å²) in [6, 6.07) is 1.31. The van der Waals surface area contributed by atoms with Crippen molar-refractivity contribution >= 4 is 23.2 Å². The van der Waals surface area contributed by atoms with Crippen LogP contribution in [0.2, 0.25) is 5.15 Å². The number of aromatic nitrogens is 1. The van der Waals surface area contributed by atoms with Crippen LogP contribution < -0.4 is 5.32 Å². The highest BCUT2D eigenvalue weighted by molar-refractivity contribution is 6.32. The Morgan fingerprint density at radius 1 is 1.60 bits per heavy atom. The molecule has 0 spiro atoms. The highest BCUT2D eigenvalue weighted by Crippen LogP contribution is 2.51. The first-order valence-electron chi connectivity index (χ1n) is 6.44. The van der Waals surface area contributed by atoms with Crippen LogP contribution in [0.15, 0.2) is 12.3 Å². The van der Waals surface area contributed by atoms with Crippen molar-refractivity contribution in [1.29, 1.82) is 0 Å². The van der Waals surface area contributed by atoms with E-state index in [0.29, 0.717) is 12.5 Å². The Bertz CT molecular complexity index is 556. The minimum absolute atomic E-state index is 0.0467. The molecule has 0 radical (unpaired) electrons. The van der Waals surface area contributed by atoms with Crippen molar-refractivity contribution in [2.24, 2.45) is 11.3 Å². The Morgan fingerprint density at radius 3 is 2.75 bits per heavy atom. The Hall–Kier alpha value is -1.69. The van der Waals surface area contributed by atoms with Gasteiger partial charge in [0.2, 0.25) is 5.15 Å². The van der Waals surface area contributed by atoms with Gasteiger partial charge in [0.25, 0.3) is 5.91 Å². The van der Waals surface area contributed by atoms with Gasteiger partial charge in [-0.2, -0.15) is 0 Å². The van der Waals surface area contributed by atoms with E-state index in [-0.39, 0.29) is 16.1 Å². The van der Waals surface area contributed by atoms with Crippen LogP contribution in [-0.4, -0.2) is 22.4 Å². The smallest absolute Gasteiger partial charge is 0.319 e. The van der Waals surface area contributed by atoms with Gasteiger partial charge < -0.3 is 5.32 Å². The normalized spacial score (nSPS) is 16.0. The van der Waals surface area contributed by atoms with E-state index < -0.39 is 16.5 Å². The summed E-state index contributed by atoms with van der Waals surface area (Å²) in [6.07, 6.45) is 3.44. The Kier molecular flexibility index (Phi) is 3.94. The average molecular weight is 298 g/mol. The van der Waals surface area contributed by atoms with Crippen LogP contribution in [0.5, 0.6) is 0 Å². The van der Waals surface area contributed by atoms with E-state index in [1.165, 1.54) is 12.3 Å². The van der Waals surface area contributed by atoms with Crippen molar-refractivity contribution in [2.45, 2.75) is 26.7 Å². The number of nitrogens with zero attached hydrogens (tertiary/aromatic N) is 2. The van der Waals surface area contributed by atoms with Crippen LogP contribution in [-0.2, 0) is 0 Å². The number of nitro groups is 1. The number of pyridine rings is 1. The first-order valence-corrected chi connectivity index (χ1v) is 6.82. The van der Waals surface area contributed by atoms with Crippen molar-refractivity contribution in [2.75, 3.05) is 6.54 Å². The van der Waals surface area contributed by atoms with Gasteiger partial charge in [-0.25, -0.2) is 4.98 Å². The Balaban J connectivity index is 2.14. The van der Waals surface area contributed by atoms with Crippen LogP contribution in [0.4, 0.5) is 5.69 Å². The molecule has 1 N–H and O–H groups in total. The van der Waals surface area contributed by atoms with Crippen molar-refractivity contribution in [3.05, 3.63) is 33.1 Å². The number of hydrogen-bond acceptors (Lipinski definition) is 4. The van der Waals surface area contributed by atoms with E-state index in [1.807, 2.05) is 0 Å². The summed E-state index contributed by atoms with van der Waals surface area (Å²) in [4.78, 5) is 26.0. The lowest BCUT2D eigenvalue weighted by Gasteiger charge is -2.19. The molecular formula is C13H16ClN3O3. The molecule has 6 nitrogen and oxygen atoms in total. The zero-order valence-electron chi connectivity index (χ0n) is 11.4. The van der Waals surface area contributed by atoms with Gasteiger partial charge in [0.15, 0.2) is 0 Å². The number of rotatable bonds is 5. The molecule has 0 aromatic carbocycles. The predicted octanol–water partition coefficient (Wildman–Crippen LogP) is 2.81. The maximum absolute atomic E-state index is 12.1. The van der Waals surface area contributed by atoms with Gasteiger partial charge >= 0.3 is 5.69 Å². The first kappa shape index (κ1) is 14.7. The van der Waals surface area contributed by atoms with E-state index in [2.05, 4.69) is 24.1 Å². The molecule has 0 bridgehead atoms. The molecule has 1 heterocycles. The molecule has 1 aliphatic rings. The van der Waals surface area contributed by atoms with Crippen molar-refractivity contribution in [3.8, 4) is 0 Å². The van der Waals surface area contributed by atoms with Crippen LogP contribution in [0.25, 0.3) is 0 Å². The topological polar surface area (TPSA) is 85.1 Å². The molecule has 1 aromatic heterocycles. The maximum Gasteiger partial charge on any atom is 0.319 e. The highest BCUT2D eigenvalue weighted by atomic mass is 35.5. The third kappa shape index (κ3) is 2.75. The average Bonchev–Trinajstić information content (AvgIpc) is 3.16. The number of amides is 1. The van der Waals surface area contributed by atoms with Crippen LogP contribution >= 0.6 is 11.6 Å². The third-order valence-corrected chi connectivity index (χ3v) is 4.30. The van der Waals surface area contributed by atoms with Crippen LogP contribution in [0.1, 0.15) is 37.0 Å². The number of carbonyl (C=O) groups excluding carboxylic acids is 1. The molecule has 1 amide bonds. The van der Waals surface area contributed by atoms with Gasteiger partial charge in [0.05, 0.1) is 4.92 Å². The second-order valence-electron chi connectivity index (χ2n) is 5.45. The fraction of sp³-hybridized carbons (Fsp3) is 0.538. The van der Waals surface area contributed by atoms with E-state index in [1.54, 1.807) is 0 Å². The van der Waals surface area contributed by atoms with Gasteiger partial charge in [-0.15, -0.1) is 0 Å². The molecule has 20 heavy (non-hydrogen) atoms. The lowest BCUT2D eigenvalue weighted by molar-refractivity contribution is -0.385. The molecule has 1 aromatic rings. The zero-order valence-corrected chi connectivity index (χ0v) is 12.1. The second-order valence-corrected chi connectivity index (χ2v) is 5.81. The van der Waals surface area contributed by atoms with E-state index in [4.69, 9.17) is 11.6 Å². The van der Waals surface area contributed by atoms with Crippen LogP contribution in [0.3, 0.4) is 0 Å². The maximum atomic E-state index is 12.1. The summed E-state index contributed by atoms with van der Waals surface area (Å²) in [5.41, 5.74) is -0.350. The van der Waals surface area contributed by atoms with Crippen molar-refractivity contribution in [3.63, 3.8) is 0 Å². The SMILES string of the molecule is CC(C)C1(CNC(=O)c2ccnc(Cl)c2[N+](=O)[O-])CC1. The molecule has 0 atom stereocenters. The molecule has 0 aliphatic heterocycles. The molecule has 1 fully saturated rings. The fourth-order valence-electron chi connectivity index (χ4n) is 2.26. The molecule has 1 saturated carbocycles. The van der Waals surface area contributed by atoms with Crippen molar-refractivity contribution in [1.82, 2.24) is 10.3 Å². The minimum atomic E-state index is -0.681. The Morgan fingerprint density at radius 2 is 2.25 bits per heavy atom. The van der Waals surface area contributed by atoms with E-state index >= 15 is 0 Å². The first-order chi connectivity index (χ1) is 9.37. The molecule has 7 heteroatoms. The number of hydrogen-bond donors (Lipinski definition) is 1. The molecule has 1 aliphatic carbocycles. The standard InChI is InChI=1S/C13H16ClN3O3/c1-8(2)13(4-5-13)7-16-12(18)9-3-6-15-11(14)10(9)17(19)20/h3,6,8H,4-5,7H2,1-2H3,(H,16,18). The monoisotopic (exact) mass is 297 g/mol. The lowest BCUT2D eigenvalue weighted by atomic mass is 9.92. The van der Waals surface area contributed by atoms with Gasteiger partial charge in [0, 0.05) is 12.7 Å². The molecule has 0 unspecified atom stereocenters. The molecular weight excluding hydrogens is 282 g/mol. The van der Waals surface area contributed by atoms with Gasteiger partial charge in [-0.1, -0.05) is 25.4 Å². The predicted molar refractivity (Wildman–Crippen MR) is 74.7 cm³/mol. The molecule has 2 rings (SSSR count). The summed E-state index contributed by atoms with van der Waals surface area (Å²) < 4.78 is 0. The summed E-state index contributed by atoms with van der Waals surface area (Å²) in [5, 5.41) is 13.5. The summed E-state index contributed by atoms with van der Waals surface area (Å²) in [5.74, 6) is -0.00765. The van der Waals surface area contributed by atoms with E-state index in [0.717, 1.165) is 12.8 Å². The minimum Gasteiger partial charge on any atom is -0.351 e. The number of carbonyl (C=O) groups is 1. The highest BCUT2D eigenvalue weighted by Gasteiger charge is 2.45. The summed E-state index contributed by atoms with van der Waals surface area (Å²) in [7, 11) is 0. The van der Waals surface area contributed by atoms with Gasteiger partial charge in [-0.05, 0) is 30.2 Å². The van der Waals surface area contributed by atoms with Crippen LogP contribution in [0, 0.1) is 21.4 Å². The van der Waals surface area contributed by atoms with E-state index in [9.17, 15) is 14.9 Å². The summed E-state index contributed by atoms with van der Waals surface area (Å²) in [6.45, 7) is 4.76. The number of nitrogens with one attached hydrogen (secondary N) is 1. The van der Waals surface area contributed by atoms with Gasteiger partial charge in [-0.3, -0.25) is 14.9 Å². The lowest BCUT2D eigenvalue weighted by Crippen LogP contribution is -2.33. The second kappa shape index (κ2) is 5.36. The third-order valence-electron chi connectivity index (χ3n) is 4.02. The molecule has 0 saturated heterocycles.